The fraction of sp³-hybridized carbons (Fsp3) is 0.444. The number of carbonyl (C=O) groups excluding carboxylic acids is 1. The zero-order chi connectivity index (χ0) is 27.4. The van der Waals surface area contributed by atoms with E-state index >= 15 is 0 Å². The number of carbonyl (C=O) groups is 1. The molecule has 0 saturated carbocycles. The molecule has 0 fully saturated rings. The van der Waals surface area contributed by atoms with Crippen LogP contribution in [0.3, 0.4) is 0 Å². The summed E-state index contributed by atoms with van der Waals surface area (Å²) >= 11 is 17.5. The average molecular weight is 560 g/mol. The molecular formula is C27H38Cl3FN4O. The third-order valence-corrected chi connectivity index (χ3v) is 6.44. The third-order valence-electron chi connectivity index (χ3n) is 5.39. The Kier molecular flexibility index (Phi) is 14.4. The molecule has 4 N–H and O–H groups in total. The van der Waals surface area contributed by atoms with Gasteiger partial charge in [0.05, 0.1) is 15.1 Å². The summed E-state index contributed by atoms with van der Waals surface area (Å²) in [4.78, 5) is 15.8. The second-order valence-corrected chi connectivity index (χ2v) is 10.3. The lowest BCUT2D eigenvalue weighted by molar-refractivity contribution is -0.135. The van der Waals surface area contributed by atoms with Gasteiger partial charge in [0.1, 0.15) is 5.82 Å². The van der Waals surface area contributed by atoms with Gasteiger partial charge in [0, 0.05) is 50.9 Å². The Morgan fingerprint density at radius 2 is 1.33 bits per heavy atom. The van der Waals surface area contributed by atoms with Gasteiger partial charge >= 0.3 is 0 Å². The van der Waals surface area contributed by atoms with Gasteiger partial charge < -0.3 is 21.3 Å². The van der Waals surface area contributed by atoms with Crippen molar-refractivity contribution in [3.8, 4) is 0 Å². The fourth-order valence-electron chi connectivity index (χ4n) is 3.35. The Bertz CT molecular complexity index is 921. The Balaban J connectivity index is 0.000000360. The maximum absolute atomic E-state index is 13.3. The molecule has 0 radical (unpaired) electrons. The van der Waals surface area contributed by atoms with Gasteiger partial charge in [-0.15, -0.1) is 0 Å². The molecule has 36 heavy (non-hydrogen) atoms. The Labute approximate surface area is 230 Å². The van der Waals surface area contributed by atoms with Gasteiger partial charge in [0.15, 0.2) is 0 Å². The highest BCUT2D eigenvalue weighted by Gasteiger charge is 2.17. The number of amides is 1. The number of benzene rings is 2. The number of nitrogens with two attached hydrogens (primary N) is 2. The molecule has 0 aliphatic heterocycles. The maximum Gasteiger partial charge on any atom is 0.225 e. The quantitative estimate of drug-likeness (QED) is 0.337. The van der Waals surface area contributed by atoms with E-state index < -0.39 is 5.82 Å². The van der Waals surface area contributed by atoms with Crippen LogP contribution in [-0.2, 0) is 17.9 Å². The van der Waals surface area contributed by atoms with Crippen molar-refractivity contribution in [1.82, 2.24) is 9.80 Å². The molecule has 2 rings (SSSR count). The van der Waals surface area contributed by atoms with E-state index in [2.05, 4.69) is 25.3 Å². The molecule has 5 nitrogen and oxygen atoms in total. The fourth-order valence-corrected chi connectivity index (χ4v) is 3.79. The zero-order valence-corrected chi connectivity index (χ0v) is 23.8. The van der Waals surface area contributed by atoms with Crippen molar-refractivity contribution in [2.45, 2.75) is 40.8 Å². The third kappa shape index (κ3) is 10.7. The number of rotatable bonds is 11. The molecule has 0 aliphatic rings. The molecule has 9 heteroatoms. The van der Waals surface area contributed by atoms with Crippen molar-refractivity contribution in [2.75, 3.05) is 26.2 Å². The first-order chi connectivity index (χ1) is 16.9. The van der Waals surface area contributed by atoms with Crippen LogP contribution in [0.5, 0.6) is 0 Å². The van der Waals surface area contributed by atoms with Crippen molar-refractivity contribution in [3.05, 3.63) is 80.7 Å². The largest absolute Gasteiger partial charge is 0.369 e. The van der Waals surface area contributed by atoms with E-state index in [4.69, 9.17) is 46.3 Å². The van der Waals surface area contributed by atoms with E-state index in [0.717, 1.165) is 24.4 Å². The SMILES string of the molecule is C=C(C(C)C)N(CCN)Cc1ccc(Cl)c(Cl)c1.CC(C)C(=O)N(CCN)Cc1ccc(Cl)c(F)c1. The summed E-state index contributed by atoms with van der Waals surface area (Å²) in [5, 5.41) is 1.24. The summed E-state index contributed by atoms with van der Waals surface area (Å²) in [7, 11) is 0. The van der Waals surface area contributed by atoms with Crippen molar-refractivity contribution < 1.29 is 9.18 Å². The van der Waals surface area contributed by atoms with E-state index in [1.165, 1.54) is 12.1 Å². The first-order valence-corrected chi connectivity index (χ1v) is 13.0. The molecule has 2 aromatic carbocycles. The topological polar surface area (TPSA) is 75.6 Å². The minimum absolute atomic E-state index is 0.0100. The number of nitrogens with zero attached hydrogens (tertiary/aromatic N) is 2. The highest BCUT2D eigenvalue weighted by atomic mass is 35.5. The Morgan fingerprint density at radius 3 is 1.81 bits per heavy atom. The highest BCUT2D eigenvalue weighted by molar-refractivity contribution is 6.42. The first kappa shape index (κ1) is 32.2. The van der Waals surface area contributed by atoms with E-state index in [0.29, 0.717) is 47.7 Å². The van der Waals surface area contributed by atoms with Crippen LogP contribution >= 0.6 is 34.8 Å². The second kappa shape index (κ2) is 16.1. The van der Waals surface area contributed by atoms with Crippen LogP contribution in [-0.4, -0.2) is 41.9 Å². The van der Waals surface area contributed by atoms with Crippen molar-refractivity contribution >= 4 is 40.7 Å². The lowest BCUT2D eigenvalue weighted by Gasteiger charge is -2.28. The van der Waals surface area contributed by atoms with Gasteiger partial charge in [-0.05, 0) is 41.3 Å². The summed E-state index contributed by atoms with van der Waals surface area (Å²) in [5.41, 5.74) is 14.0. The van der Waals surface area contributed by atoms with Crippen LogP contribution in [0.15, 0.2) is 48.7 Å². The standard InChI is InChI=1S/C14H20Cl2N2.C13H18ClFN2O/c1-10(2)11(3)18(7-6-17)9-12-4-5-13(15)14(16)8-12;1-9(2)13(18)17(6-5-16)8-10-3-4-11(14)12(15)7-10/h4-5,8,10H,3,6-7,9,17H2,1-2H3;3-4,7,9H,5-6,8,16H2,1-2H3. The summed E-state index contributed by atoms with van der Waals surface area (Å²) in [6, 6.07) is 10.2. The lowest BCUT2D eigenvalue weighted by Crippen LogP contribution is -2.37. The summed E-state index contributed by atoms with van der Waals surface area (Å²) in [6.45, 7) is 15.4. The summed E-state index contributed by atoms with van der Waals surface area (Å²) < 4.78 is 13.3. The van der Waals surface area contributed by atoms with Crippen LogP contribution < -0.4 is 11.5 Å². The number of halogens is 4. The lowest BCUT2D eigenvalue weighted by atomic mass is 10.1. The molecule has 0 heterocycles. The molecule has 200 valence electrons. The highest BCUT2D eigenvalue weighted by Crippen LogP contribution is 2.24. The first-order valence-electron chi connectivity index (χ1n) is 11.9. The van der Waals surface area contributed by atoms with Crippen LogP contribution in [0.2, 0.25) is 15.1 Å². The van der Waals surface area contributed by atoms with Crippen molar-refractivity contribution in [3.63, 3.8) is 0 Å². The van der Waals surface area contributed by atoms with Crippen LogP contribution in [0.25, 0.3) is 0 Å². The smallest absolute Gasteiger partial charge is 0.225 e. The molecule has 0 aromatic heterocycles. The van der Waals surface area contributed by atoms with Gasteiger partial charge in [-0.3, -0.25) is 4.79 Å². The molecule has 0 atom stereocenters. The molecule has 0 bridgehead atoms. The predicted molar refractivity (Wildman–Crippen MR) is 151 cm³/mol. The van der Waals surface area contributed by atoms with Gasteiger partial charge in [-0.2, -0.15) is 0 Å². The minimum Gasteiger partial charge on any atom is -0.369 e. The molecule has 0 unspecified atom stereocenters. The van der Waals surface area contributed by atoms with E-state index in [-0.39, 0.29) is 16.8 Å². The zero-order valence-electron chi connectivity index (χ0n) is 21.5. The molecule has 2 aromatic rings. The predicted octanol–water partition coefficient (Wildman–Crippen LogP) is 6.35. The van der Waals surface area contributed by atoms with Crippen LogP contribution in [0.1, 0.15) is 38.8 Å². The van der Waals surface area contributed by atoms with E-state index in [1.807, 2.05) is 32.0 Å². The minimum atomic E-state index is -0.473. The molecule has 0 spiro atoms. The van der Waals surface area contributed by atoms with Crippen LogP contribution in [0, 0.1) is 17.7 Å². The average Bonchev–Trinajstić information content (AvgIpc) is 2.82. The monoisotopic (exact) mass is 558 g/mol. The molecule has 0 saturated heterocycles. The van der Waals surface area contributed by atoms with Crippen molar-refractivity contribution in [1.29, 1.82) is 0 Å². The summed E-state index contributed by atoms with van der Waals surface area (Å²) in [5.74, 6) is -0.164. The number of hydrogen-bond donors (Lipinski definition) is 2. The van der Waals surface area contributed by atoms with Crippen molar-refractivity contribution in [2.24, 2.45) is 23.3 Å². The van der Waals surface area contributed by atoms with Gasteiger partial charge in [-0.1, -0.05) is 81.2 Å². The Hall–Kier alpha value is -1.83. The molecular weight excluding hydrogens is 522 g/mol. The summed E-state index contributed by atoms with van der Waals surface area (Å²) in [6.07, 6.45) is 0. The second-order valence-electron chi connectivity index (χ2n) is 9.06. The number of allylic oxidation sites excluding steroid dienone is 1. The molecule has 0 aliphatic carbocycles. The normalized spacial score (nSPS) is 10.8. The van der Waals surface area contributed by atoms with Gasteiger partial charge in [-0.25, -0.2) is 4.39 Å². The Morgan fingerprint density at radius 1 is 0.833 bits per heavy atom. The maximum atomic E-state index is 13.3. The van der Waals surface area contributed by atoms with E-state index in [9.17, 15) is 9.18 Å². The molecule has 1 amide bonds. The van der Waals surface area contributed by atoms with Gasteiger partial charge in [0.25, 0.3) is 0 Å². The number of hydrogen-bond acceptors (Lipinski definition) is 4. The van der Waals surface area contributed by atoms with Crippen LogP contribution in [0.4, 0.5) is 4.39 Å². The van der Waals surface area contributed by atoms with E-state index in [1.54, 1.807) is 11.0 Å². The van der Waals surface area contributed by atoms with Gasteiger partial charge in [0.2, 0.25) is 5.91 Å².